The number of nitrogens with zero attached hydrogens (tertiary/aromatic N) is 4. The fourth-order valence-electron chi connectivity index (χ4n) is 4.13. The Morgan fingerprint density at radius 3 is 2.63 bits per heavy atom. The number of piperidine rings is 1. The Bertz CT molecular complexity index is 1140. The van der Waals surface area contributed by atoms with Gasteiger partial charge in [0.1, 0.15) is 0 Å². The van der Waals surface area contributed by atoms with E-state index in [9.17, 15) is 15.0 Å². The second-order valence-electron chi connectivity index (χ2n) is 7.89. The zero-order chi connectivity index (χ0) is 21.4. The number of β-amino-alcohol motifs (C(OH)–C–C–N with tert-alkyl or cyclic N) is 1. The van der Waals surface area contributed by atoms with Crippen molar-refractivity contribution < 1.29 is 15.0 Å². The highest BCUT2D eigenvalue weighted by Gasteiger charge is 2.29. The number of hydrogen-bond donors (Lipinski definition) is 2. The Balaban J connectivity index is 1.76. The molecule has 4 rings (SSSR count). The van der Waals surface area contributed by atoms with E-state index >= 15 is 0 Å². The smallest absolute Gasteiger partial charge is 0.187 e. The van der Waals surface area contributed by atoms with Gasteiger partial charge in [-0.3, -0.25) is 14.7 Å². The van der Waals surface area contributed by atoms with E-state index in [-0.39, 0.29) is 18.9 Å². The summed E-state index contributed by atoms with van der Waals surface area (Å²) in [4.78, 5) is 23.2. The predicted molar refractivity (Wildman–Crippen MR) is 114 cm³/mol. The molecule has 7 nitrogen and oxygen atoms in total. The minimum atomic E-state index is -0.837. The summed E-state index contributed by atoms with van der Waals surface area (Å²) in [5, 5.41) is 19.7. The first-order valence-corrected chi connectivity index (χ1v) is 9.96. The maximum Gasteiger partial charge on any atom is 0.187 e. The van der Waals surface area contributed by atoms with Gasteiger partial charge in [0, 0.05) is 30.7 Å². The van der Waals surface area contributed by atoms with Crippen molar-refractivity contribution in [3.63, 3.8) is 0 Å². The van der Waals surface area contributed by atoms with Gasteiger partial charge in [-0.05, 0) is 44.0 Å². The number of hydrogen-bond acceptors (Lipinski definition) is 5. The number of carbonyl (C=O) groups is 1. The van der Waals surface area contributed by atoms with Crippen LogP contribution in [0.5, 0.6) is 0 Å². The third-order valence-electron chi connectivity index (χ3n) is 5.69. The number of aliphatic hydroxyl groups is 2. The number of carbonyl (C=O) groups excluding carboxylic acids is 1. The molecule has 2 N–H and O–H groups in total. The second kappa shape index (κ2) is 8.00. The first-order valence-electron chi connectivity index (χ1n) is 9.96. The van der Waals surface area contributed by atoms with Gasteiger partial charge in [-0.2, -0.15) is 0 Å². The predicted octanol–water partition coefficient (Wildman–Crippen LogP) is 2.80. The summed E-state index contributed by atoms with van der Waals surface area (Å²) in [5.41, 5.74) is 5.28. The van der Waals surface area contributed by atoms with Gasteiger partial charge < -0.3 is 14.8 Å². The third-order valence-corrected chi connectivity index (χ3v) is 5.69. The van der Waals surface area contributed by atoms with Gasteiger partial charge in [0.2, 0.25) is 0 Å². The van der Waals surface area contributed by atoms with Crippen LogP contribution in [0.4, 0.5) is 5.69 Å². The Hall–Kier alpha value is -3.05. The number of ketones is 1. The Morgan fingerprint density at radius 2 is 1.97 bits per heavy atom. The van der Waals surface area contributed by atoms with Crippen LogP contribution in [-0.2, 0) is 0 Å². The normalized spacial score (nSPS) is 19.7. The number of pyridine rings is 1. The van der Waals surface area contributed by atoms with Gasteiger partial charge in [-0.15, -0.1) is 0 Å². The lowest BCUT2D eigenvalue weighted by Gasteiger charge is -2.32. The number of rotatable bonds is 4. The van der Waals surface area contributed by atoms with Crippen LogP contribution in [0.2, 0.25) is 0 Å². The Morgan fingerprint density at radius 1 is 1.23 bits per heavy atom. The van der Waals surface area contributed by atoms with Gasteiger partial charge in [-0.25, -0.2) is 4.85 Å². The van der Waals surface area contributed by atoms with Gasteiger partial charge in [-0.1, -0.05) is 12.1 Å². The molecule has 1 saturated heterocycles. The quantitative estimate of drug-likeness (QED) is 0.516. The molecular formula is C23H24N4O3. The lowest BCUT2D eigenvalue weighted by Crippen LogP contribution is -2.48. The molecular weight excluding hydrogens is 380 g/mol. The summed E-state index contributed by atoms with van der Waals surface area (Å²) < 4.78 is 2.01. The minimum absolute atomic E-state index is 0.0611. The summed E-state index contributed by atoms with van der Waals surface area (Å²) in [7, 11) is 0. The van der Waals surface area contributed by atoms with Crippen LogP contribution in [0.3, 0.4) is 0 Å². The molecule has 0 unspecified atom stereocenters. The van der Waals surface area contributed by atoms with E-state index in [0.29, 0.717) is 29.7 Å². The highest BCUT2D eigenvalue weighted by atomic mass is 16.3. The first-order chi connectivity index (χ1) is 14.4. The monoisotopic (exact) mass is 404 g/mol. The second-order valence-corrected chi connectivity index (χ2v) is 7.89. The van der Waals surface area contributed by atoms with Crippen LogP contribution in [0, 0.1) is 20.4 Å². The molecule has 2 atom stereocenters. The number of likely N-dealkylation sites (tertiary alicyclic amines) is 1. The third kappa shape index (κ3) is 3.61. The van der Waals surface area contributed by atoms with Crippen LogP contribution in [0.1, 0.15) is 28.0 Å². The molecule has 2 aromatic heterocycles. The summed E-state index contributed by atoms with van der Waals surface area (Å²) in [6, 6.07) is 9.28. The van der Waals surface area contributed by atoms with E-state index in [4.69, 9.17) is 6.57 Å². The van der Waals surface area contributed by atoms with Gasteiger partial charge in [0.05, 0.1) is 41.9 Å². The molecule has 0 amide bonds. The van der Waals surface area contributed by atoms with Crippen LogP contribution in [0.15, 0.2) is 36.5 Å². The first kappa shape index (κ1) is 20.2. The van der Waals surface area contributed by atoms with Crippen molar-refractivity contribution in [1.29, 1.82) is 0 Å². The lowest BCUT2D eigenvalue weighted by atomic mass is 10.0. The van der Waals surface area contributed by atoms with Gasteiger partial charge in [0.15, 0.2) is 11.5 Å². The molecule has 3 aromatic rings. The molecule has 0 radical (unpaired) electrons. The van der Waals surface area contributed by atoms with Crippen molar-refractivity contribution >= 4 is 22.5 Å². The summed E-state index contributed by atoms with van der Waals surface area (Å²) in [5.74, 6) is -0.0611. The highest BCUT2D eigenvalue weighted by Crippen LogP contribution is 2.30. The van der Waals surface area contributed by atoms with E-state index in [0.717, 1.165) is 22.5 Å². The van der Waals surface area contributed by atoms with Crippen LogP contribution < -0.4 is 0 Å². The van der Waals surface area contributed by atoms with E-state index in [2.05, 4.69) is 9.83 Å². The highest BCUT2D eigenvalue weighted by molar-refractivity contribution is 6.09. The number of aryl methyl sites for hydroxylation is 1. The topological polar surface area (TPSA) is 83.0 Å². The maximum absolute atomic E-state index is 13.3. The number of Topliss-reactive ketones (excluding diaryl/α,β-unsaturated/α-hetero) is 1. The van der Waals surface area contributed by atoms with E-state index < -0.39 is 12.2 Å². The van der Waals surface area contributed by atoms with Gasteiger partial charge in [0.25, 0.3) is 0 Å². The summed E-state index contributed by atoms with van der Waals surface area (Å²) >= 11 is 0. The van der Waals surface area contributed by atoms with Crippen molar-refractivity contribution in [2.75, 3.05) is 19.6 Å². The zero-order valence-electron chi connectivity index (χ0n) is 17.0. The molecule has 0 aliphatic carbocycles. The molecule has 1 aliphatic heterocycles. The largest absolute Gasteiger partial charge is 0.390 e. The molecule has 0 spiro atoms. The average Bonchev–Trinajstić information content (AvgIpc) is 3.02. The van der Waals surface area contributed by atoms with Crippen molar-refractivity contribution in [3.8, 4) is 5.69 Å². The fourth-order valence-corrected chi connectivity index (χ4v) is 4.13. The van der Waals surface area contributed by atoms with Crippen molar-refractivity contribution in [3.05, 3.63) is 64.8 Å². The summed E-state index contributed by atoms with van der Waals surface area (Å²) in [6.45, 7) is 12.0. The van der Waals surface area contributed by atoms with E-state index in [1.807, 2.05) is 41.5 Å². The molecule has 0 saturated carbocycles. The molecule has 1 aromatic carbocycles. The number of aromatic nitrogens is 2. The van der Waals surface area contributed by atoms with E-state index in [1.54, 1.807) is 18.3 Å². The van der Waals surface area contributed by atoms with Gasteiger partial charge >= 0.3 is 0 Å². The average molecular weight is 404 g/mol. The van der Waals surface area contributed by atoms with Crippen LogP contribution in [-0.4, -0.2) is 62.3 Å². The minimum Gasteiger partial charge on any atom is -0.390 e. The molecule has 30 heavy (non-hydrogen) atoms. The molecule has 154 valence electrons. The molecule has 1 aliphatic rings. The number of benzene rings is 1. The lowest BCUT2D eigenvalue weighted by molar-refractivity contribution is -0.0363. The van der Waals surface area contributed by atoms with Crippen molar-refractivity contribution in [2.24, 2.45) is 0 Å². The standard InChI is InChI=1S/C23H24N4O3/c1-14-10-18-23(25-11-14)22(21(30)13-26-9-8-19(28)20(29)12-26)15(2)27(18)17-6-4-16(24-3)5-7-17/h4-7,10-11,19-20,28-29H,8-9,12-13H2,1-2H3/t19-,20+/m0/s1. The SMILES string of the molecule is [C-]#[N+]c1ccc(-n2c(C)c(C(=O)CN3CC[C@H](O)[C@H](O)C3)c3ncc(C)cc32)cc1. The Kier molecular flexibility index (Phi) is 5.39. The van der Waals surface area contributed by atoms with Crippen molar-refractivity contribution in [1.82, 2.24) is 14.5 Å². The summed E-state index contributed by atoms with van der Waals surface area (Å²) in [6.07, 6.45) is 0.630. The number of fused-ring (bicyclic) bond motifs is 1. The molecule has 7 heteroatoms. The number of aliphatic hydroxyl groups excluding tert-OH is 2. The Labute approximate surface area is 175 Å². The van der Waals surface area contributed by atoms with Crippen LogP contribution >= 0.6 is 0 Å². The molecule has 1 fully saturated rings. The molecule has 0 bridgehead atoms. The molecule has 3 heterocycles. The van der Waals surface area contributed by atoms with E-state index in [1.165, 1.54) is 0 Å². The zero-order valence-corrected chi connectivity index (χ0v) is 17.0. The fraction of sp³-hybridized carbons (Fsp3) is 0.348. The van der Waals surface area contributed by atoms with Crippen molar-refractivity contribution in [2.45, 2.75) is 32.5 Å². The maximum atomic E-state index is 13.3. The van der Waals surface area contributed by atoms with Crippen LogP contribution in [0.25, 0.3) is 21.6 Å².